The Morgan fingerprint density at radius 2 is 2.19 bits per heavy atom. The quantitative estimate of drug-likeness (QED) is 0.757. The Labute approximate surface area is 156 Å². The number of nitrogens with zero attached hydrogens (tertiary/aromatic N) is 2. The summed E-state index contributed by atoms with van der Waals surface area (Å²) >= 11 is 0. The van der Waals surface area contributed by atoms with Crippen molar-refractivity contribution in [3.8, 4) is 6.07 Å². The third-order valence-corrected chi connectivity index (χ3v) is 5.10. The van der Waals surface area contributed by atoms with Crippen molar-refractivity contribution in [3.05, 3.63) is 23.8 Å². The molecule has 1 fully saturated rings. The summed E-state index contributed by atoms with van der Waals surface area (Å²) in [5.74, 6) is 0.173. The van der Waals surface area contributed by atoms with Gasteiger partial charge in [0.05, 0.1) is 24.6 Å². The molecule has 0 aromatic rings. The number of amides is 2. The van der Waals surface area contributed by atoms with Crippen LogP contribution in [0.15, 0.2) is 23.8 Å². The standard InChI is InChI=1S/C20H30N4O2/c1-13(2)19(15-7-4-6-14(3)10-15)23-18(25)11-17(22)20(26)24-9-5-8-16(24)12-21/h4,6-7,13-14,16-17,19H,5,8-11,22H2,1-3H3,(H,23,25). The Bertz CT molecular complexity index is 632. The lowest BCUT2D eigenvalue weighted by atomic mass is 9.86. The topological polar surface area (TPSA) is 99.2 Å². The molecule has 1 aliphatic carbocycles. The van der Waals surface area contributed by atoms with Gasteiger partial charge in [-0.25, -0.2) is 0 Å². The van der Waals surface area contributed by atoms with Gasteiger partial charge in [-0.05, 0) is 36.7 Å². The van der Waals surface area contributed by atoms with E-state index in [9.17, 15) is 9.59 Å². The molecule has 2 rings (SSSR count). The van der Waals surface area contributed by atoms with Gasteiger partial charge < -0.3 is 16.0 Å². The van der Waals surface area contributed by atoms with E-state index in [-0.39, 0.29) is 30.2 Å². The van der Waals surface area contributed by atoms with E-state index in [1.807, 2.05) is 6.08 Å². The van der Waals surface area contributed by atoms with E-state index in [2.05, 4.69) is 44.3 Å². The molecular weight excluding hydrogens is 328 g/mol. The molecule has 1 saturated heterocycles. The van der Waals surface area contributed by atoms with Crippen LogP contribution in [0.1, 0.15) is 46.5 Å². The monoisotopic (exact) mass is 358 g/mol. The van der Waals surface area contributed by atoms with Crippen LogP contribution in [-0.2, 0) is 9.59 Å². The highest BCUT2D eigenvalue weighted by molar-refractivity contribution is 5.88. The fourth-order valence-electron chi connectivity index (χ4n) is 3.69. The van der Waals surface area contributed by atoms with E-state index >= 15 is 0 Å². The van der Waals surface area contributed by atoms with Crippen molar-refractivity contribution in [2.45, 2.75) is 64.6 Å². The van der Waals surface area contributed by atoms with Crippen molar-refractivity contribution in [1.82, 2.24) is 10.2 Å². The van der Waals surface area contributed by atoms with Gasteiger partial charge in [0.25, 0.3) is 0 Å². The van der Waals surface area contributed by atoms with E-state index in [1.165, 1.54) is 10.5 Å². The molecule has 4 unspecified atom stereocenters. The lowest BCUT2D eigenvalue weighted by Crippen LogP contribution is -2.49. The summed E-state index contributed by atoms with van der Waals surface area (Å²) in [6, 6.07) is 0.750. The Morgan fingerprint density at radius 1 is 1.46 bits per heavy atom. The molecule has 0 bridgehead atoms. The molecule has 2 amide bonds. The highest BCUT2D eigenvalue weighted by atomic mass is 16.2. The Morgan fingerprint density at radius 3 is 2.81 bits per heavy atom. The van der Waals surface area contributed by atoms with Crippen LogP contribution in [-0.4, -0.2) is 41.4 Å². The number of likely N-dealkylation sites (tertiary alicyclic amines) is 1. The molecule has 0 saturated carbocycles. The first-order chi connectivity index (χ1) is 12.3. The number of nitriles is 1. The van der Waals surface area contributed by atoms with E-state index in [0.717, 1.165) is 12.8 Å². The predicted molar refractivity (Wildman–Crippen MR) is 101 cm³/mol. The summed E-state index contributed by atoms with van der Waals surface area (Å²) in [5.41, 5.74) is 7.18. The Hall–Kier alpha value is -2.13. The summed E-state index contributed by atoms with van der Waals surface area (Å²) < 4.78 is 0. The predicted octanol–water partition coefficient (Wildman–Crippen LogP) is 1.88. The molecule has 0 aromatic carbocycles. The van der Waals surface area contributed by atoms with Gasteiger partial charge in [0, 0.05) is 6.54 Å². The largest absolute Gasteiger partial charge is 0.349 e. The smallest absolute Gasteiger partial charge is 0.241 e. The maximum atomic E-state index is 12.5. The minimum atomic E-state index is -0.907. The number of rotatable bonds is 6. The zero-order valence-electron chi connectivity index (χ0n) is 15.9. The van der Waals surface area contributed by atoms with E-state index in [0.29, 0.717) is 18.9 Å². The molecule has 1 heterocycles. The second-order valence-electron chi connectivity index (χ2n) is 7.73. The SMILES string of the molecule is CC1C=CC=C(C(NC(=O)CC(N)C(=O)N2CCCC2C#N)C(C)C)C1. The van der Waals surface area contributed by atoms with Crippen molar-refractivity contribution < 1.29 is 9.59 Å². The first kappa shape index (κ1) is 20.2. The maximum absolute atomic E-state index is 12.5. The first-order valence-electron chi connectivity index (χ1n) is 9.45. The van der Waals surface area contributed by atoms with Gasteiger partial charge in [0.15, 0.2) is 0 Å². The van der Waals surface area contributed by atoms with Crippen LogP contribution in [0.5, 0.6) is 0 Å². The highest BCUT2D eigenvalue weighted by Crippen LogP contribution is 2.24. The molecule has 3 N–H and O–H groups in total. The summed E-state index contributed by atoms with van der Waals surface area (Å²) in [4.78, 5) is 26.5. The second kappa shape index (κ2) is 9.00. The average Bonchev–Trinajstić information content (AvgIpc) is 3.07. The summed E-state index contributed by atoms with van der Waals surface area (Å²) in [6.07, 6.45) is 8.60. The number of nitrogens with one attached hydrogen (secondary N) is 1. The number of nitrogens with two attached hydrogens (primary N) is 1. The molecule has 6 heteroatoms. The normalized spacial score (nSPS) is 24.8. The molecule has 0 aromatic heterocycles. The molecule has 26 heavy (non-hydrogen) atoms. The molecule has 0 spiro atoms. The molecular formula is C20H30N4O2. The van der Waals surface area contributed by atoms with Crippen molar-refractivity contribution in [3.63, 3.8) is 0 Å². The third-order valence-electron chi connectivity index (χ3n) is 5.10. The molecule has 6 nitrogen and oxygen atoms in total. The molecule has 2 aliphatic rings. The summed E-state index contributed by atoms with van der Waals surface area (Å²) in [5, 5.41) is 12.2. The summed E-state index contributed by atoms with van der Waals surface area (Å²) in [6.45, 7) is 6.83. The van der Waals surface area contributed by atoms with Crippen LogP contribution < -0.4 is 11.1 Å². The number of hydrogen-bond acceptors (Lipinski definition) is 4. The van der Waals surface area contributed by atoms with Crippen molar-refractivity contribution in [1.29, 1.82) is 5.26 Å². The van der Waals surface area contributed by atoms with E-state index in [1.54, 1.807) is 0 Å². The fourth-order valence-corrected chi connectivity index (χ4v) is 3.69. The van der Waals surface area contributed by atoms with Gasteiger partial charge in [-0.1, -0.05) is 39.0 Å². The van der Waals surface area contributed by atoms with Crippen LogP contribution in [0, 0.1) is 23.2 Å². The minimum absolute atomic E-state index is 0.0594. The Kier molecular flexibility index (Phi) is 6.98. The average molecular weight is 358 g/mol. The first-order valence-corrected chi connectivity index (χ1v) is 9.45. The molecule has 1 aliphatic heterocycles. The van der Waals surface area contributed by atoms with Crippen molar-refractivity contribution in [2.24, 2.45) is 17.6 Å². The maximum Gasteiger partial charge on any atom is 0.241 e. The lowest BCUT2D eigenvalue weighted by molar-refractivity contribution is -0.135. The van der Waals surface area contributed by atoms with Crippen LogP contribution in [0.25, 0.3) is 0 Å². The van der Waals surface area contributed by atoms with Gasteiger partial charge in [-0.3, -0.25) is 9.59 Å². The van der Waals surface area contributed by atoms with Crippen molar-refractivity contribution in [2.75, 3.05) is 6.54 Å². The van der Waals surface area contributed by atoms with Gasteiger partial charge in [0.1, 0.15) is 6.04 Å². The van der Waals surface area contributed by atoms with Crippen molar-refractivity contribution >= 4 is 11.8 Å². The van der Waals surface area contributed by atoms with Gasteiger partial charge >= 0.3 is 0 Å². The number of carbonyl (C=O) groups excluding carboxylic acids is 2. The molecule has 0 radical (unpaired) electrons. The zero-order valence-corrected chi connectivity index (χ0v) is 15.9. The summed E-state index contributed by atoms with van der Waals surface area (Å²) in [7, 11) is 0. The fraction of sp³-hybridized carbons (Fsp3) is 0.650. The second-order valence-corrected chi connectivity index (χ2v) is 7.73. The van der Waals surface area contributed by atoms with Crippen LogP contribution in [0.4, 0.5) is 0 Å². The lowest BCUT2D eigenvalue weighted by Gasteiger charge is -2.29. The van der Waals surface area contributed by atoms with Gasteiger partial charge in [-0.15, -0.1) is 0 Å². The molecule has 142 valence electrons. The number of hydrogen-bond donors (Lipinski definition) is 2. The van der Waals surface area contributed by atoms with Gasteiger partial charge in [-0.2, -0.15) is 5.26 Å². The molecule has 4 atom stereocenters. The van der Waals surface area contributed by atoms with E-state index in [4.69, 9.17) is 11.0 Å². The Balaban J connectivity index is 1.95. The van der Waals surface area contributed by atoms with Crippen LogP contribution >= 0.6 is 0 Å². The van der Waals surface area contributed by atoms with Crippen LogP contribution in [0.3, 0.4) is 0 Å². The minimum Gasteiger partial charge on any atom is -0.349 e. The highest BCUT2D eigenvalue weighted by Gasteiger charge is 2.33. The number of carbonyl (C=O) groups is 2. The van der Waals surface area contributed by atoms with Gasteiger partial charge in [0.2, 0.25) is 11.8 Å². The van der Waals surface area contributed by atoms with Crippen LogP contribution in [0.2, 0.25) is 0 Å². The number of allylic oxidation sites excluding steroid dienone is 3. The van der Waals surface area contributed by atoms with E-state index < -0.39 is 12.1 Å². The zero-order chi connectivity index (χ0) is 19.3. The third kappa shape index (κ3) is 4.95.